The van der Waals surface area contributed by atoms with Crippen LogP contribution in [0.15, 0.2) is 16.6 Å². The Morgan fingerprint density at radius 1 is 1.40 bits per heavy atom. The highest BCUT2D eigenvalue weighted by atomic mass is 79.9. The van der Waals surface area contributed by atoms with Crippen molar-refractivity contribution in [2.75, 3.05) is 14.2 Å². The van der Waals surface area contributed by atoms with Crippen LogP contribution in [0, 0.1) is 5.82 Å². The number of benzene rings is 1. The van der Waals surface area contributed by atoms with Crippen molar-refractivity contribution in [3.8, 4) is 0 Å². The second-order valence-corrected chi connectivity index (χ2v) is 3.85. The average molecular weight is 278 g/mol. The quantitative estimate of drug-likeness (QED) is 0.839. The zero-order chi connectivity index (χ0) is 11.3. The van der Waals surface area contributed by atoms with Crippen LogP contribution >= 0.6 is 15.9 Å². The molecule has 1 aromatic carbocycles. The molecular formula is C10H13BrFNO2. The van der Waals surface area contributed by atoms with E-state index in [2.05, 4.69) is 21.4 Å². The maximum Gasteiger partial charge on any atom is 0.130 e. The molecule has 0 spiro atoms. The Kier molecular flexibility index (Phi) is 5.17. The zero-order valence-electron chi connectivity index (χ0n) is 8.64. The number of ether oxygens (including phenoxy) is 1. The van der Waals surface area contributed by atoms with Crippen molar-refractivity contribution in [2.45, 2.75) is 13.2 Å². The summed E-state index contributed by atoms with van der Waals surface area (Å²) >= 11 is 3.30. The SMILES string of the molecule is COCc1c(F)cc(CNOC)cc1Br. The summed E-state index contributed by atoms with van der Waals surface area (Å²) in [6, 6.07) is 3.30. The first-order valence-corrected chi connectivity index (χ1v) is 5.20. The lowest BCUT2D eigenvalue weighted by atomic mass is 10.1. The highest BCUT2D eigenvalue weighted by molar-refractivity contribution is 9.10. The Bertz CT molecular complexity index is 310. The van der Waals surface area contributed by atoms with E-state index in [1.807, 2.05) is 6.07 Å². The average Bonchev–Trinajstić information content (AvgIpc) is 2.20. The maximum atomic E-state index is 13.5. The van der Waals surface area contributed by atoms with Crippen LogP contribution in [0.25, 0.3) is 0 Å². The van der Waals surface area contributed by atoms with Gasteiger partial charge in [0.25, 0.3) is 0 Å². The molecule has 0 heterocycles. The summed E-state index contributed by atoms with van der Waals surface area (Å²) in [7, 11) is 3.05. The van der Waals surface area contributed by atoms with Crippen molar-refractivity contribution in [1.82, 2.24) is 5.48 Å². The number of hydroxylamine groups is 1. The fraction of sp³-hybridized carbons (Fsp3) is 0.400. The Morgan fingerprint density at radius 2 is 2.13 bits per heavy atom. The molecule has 0 fully saturated rings. The van der Waals surface area contributed by atoms with E-state index in [0.717, 1.165) is 5.56 Å². The zero-order valence-corrected chi connectivity index (χ0v) is 10.2. The molecule has 1 aromatic rings. The summed E-state index contributed by atoms with van der Waals surface area (Å²) in [4.78, 5) is 4.69. The predicted molar refractivity (Wildman–Crippen MR) is 58.7 cm³/mol. The molecule has 5 heteroatoms. The molecule has 0 aliphatic rings. The normalized spacial score (nSPS) is 10.7. The molecule has 0 aliphatic heterocycles. The Labute approximate surface area is 96.7 Å². The van der Waals surface area contributed by atoms with Crippen LogP contribution in [-0.2, 0) is 22.7 Å². The van der Waals surface area contributed by atoms with Crippen LogP contribution in [0.4, 0.5) is 4.39 Å². The van der Waals surface area contributed by atoms with Crippen LogP contribution in [0.5, 0.6) is 0 Å². The predicted octanol–water partition coefficient (Wildman–Crippen LogP) is 2.39. The van der Waals surface area contributed by atoms with Crippen LogP contribution in [0.3, 0.4) is 0 Å². The van der Waals surface area contributed by atoms with E-state index in [-0.39, 0.29) is 12.4 Å². The first kappa shape index (κ1) is 12.6. The van der Waals surface area contributed by atoms with Gasteiger partial charge in [-0.15, -0.1) is 0 Å². The van der Waals surface area contributed by atoms with Gasteiger partial charge in [-0.1, -0.05) is 15.9 Å². The van der Waals surface area contributed by atoms with E-state index in [1.165, 1.54) is 20.3 Å². The Hall–Kier alpha value is -0.490. The molecule has 0 amide bonds. The van der Waals surface area contributed by atoms with E-state index < -0.39 is 0 Å². The number of hydrogen-bond acceptors (Lipinski definition) is 3. The number of nitrogens with one attached hydrogen (secondary N) is 1. The van der Waals surface area contributed by atoms with Gasteiger partial charge < -0.3 is 9.57 Å². The van der Waals surface area contributed by atoms with Gasteiger partial charge in [0.1, 0.15) is 5.82 Å². The van der Waals surface area contributed by atoms with Gasteiger partial charge in [0.15, 0.2) is 0 Å². The molecule has 0 saturated heterocycles. The first-order chi connectivity index (χ1) is 7.19. The van der Waals surface area contributed by atoms with E-state index in [0.29, 0.717) is 16.6 Å². The molecule has 0 aromatic heterocycles. The standard InChI is InChI=1S/C10H13BrFNO2/c1-14-6-8-9(11)3-7(4-10(8)12)5-13-15-2/h3-4,13H,5-6H2,1-2H3. The minimum Gasteiger partial charge on any atom is -0.380 e. The molecule has 0 radical (unpaired) electrons. The molecule has 0 unspecified atom stereocenters. The van der Waals surface area contributed by atoms with Gasteiger partial charge >= 0.3 is 0 Å². The van der Waals surface area contributed by atoms with Crippen molar-refractivity contribution in [3.63, 3.8) is 0 Å². The summed E-state index contributed by atoms with van der Waals surface area (Å²) in [6.07, 6.45) is 0. The number of methoxy groups -OCH3 is 1. The van der Waals surface area contributed by atoms with E-state index in [1.54, 1.807) is 0 Å². The molecule has 0 saturated carbocycles. The van der Waals surface area contributed by atoms with E-state index >= 15 is 0 Å². The molecule has 0 bridgehead atoms. The molecule has 3 nitrogen and oxygen atoms in total. The van der Waals surface area contributed by atoms with Gasteiger partial charge in [-0.3, -0.25) is 0 Å². The van der Waals surface area contributed by atoms with Gasteiger partial charge in [0, 0.05) is 23.7 Å². The molecule has 15 heavy (non-hydrogen) atoms. The molecule has 0 atom stereocenters. The maximum absolute atomic E-state index is 13.5. The lowest BCUT2D eigenvalue weighted by molar-refractivity contribution is 0.0866. The molecular weight excluding hydrogens is 265 g/mol. The smallest absolute Gasteiger partial charge is 0.130 e. The van der Waals surface area contributed by atoms with Crippen molar-refractivity contribution in [2.24, 2.45) is 0 Å². The largest absolute Gasteiger partial charge is 0.380 e. The Morgan fingerprint density at radius 3 is 2.67 bits per heavy atom. The van der Waals surface area contributed by atoms with Gasteiger partial charge in [-0.25, -0.2) is 4.39 Å². The fourth-order valence-electron chi connectivity index (χ4n) is 1.20. The van der Waals surface area contributed by atoms with Crippen LogP contribution in [0.1, 0.15) is 11.1 Å². The van der Waals surface area contributed by atoms with Gasteiger partial charge in [0.05, 0.1) is 13.7 Å². The minimum absolute atomic E-state index is 0.254. The Balaban J connectivity index is 2.87. The van der Waals surface area contributed by atoms with Crippen molar-refractivity contribution in [3.05, 3.63) is 33.5 Å². The summed E-state index contributed by atoms with van der Waals surface area (Å²) < 4.78 is 19.2. The second kappa shape index (κ2) is 6.17. The summed E-state index contributed by atoms with van der Waals surface area (Å²) in [6.45, 7) is 0.712. The van der Waals surface area contributed by atoms with Crippen LogP contribution in [-0.4, -0.2) is 14.2 Å². The lowest BCUT2D eigenvalue weighted by Gasteiger charge is -2.08. The number of rotatable bonds is 5. The van der Waals surface area contributed by atoms with Crippen molar-refractivity contribution in [1.29, 1.82) is 0 Å². The van der Waals surface area contributed by atoms with Crippen molar-refractivity contribution < 1.29 is 14.0 Å². The first-order valence-electron chi connectivity index (χ1n) is 4.40. The van der Waals surface area contributed by atoms with Gasteiger partial charge in [0.2, 0.25) is 0 Å². The summed E-state index contributed by atoms with van der Waals surface area (Å²) in [5, 5.41) is 0. The second-order valence-electron chi connectivity index (χ2n) is 3.00. The van der Waals surface area contributed by atoms with Crippen LogP contribution in [0.2, 0.25) is 0 Å². The third-order valence-electron chi connectivity index (χ3n) is 1.91. The fourth-order valence-corrected chi connectivity index (χ4v) is 1.79. The monoisotopic (exact) mass is 277 g/mol. The lowest BCUT2D eigenvalue weighted by Crippen LogP contribution is -2.11. The third kappa shape index (κ3) is 3.53. The third-order valence-corrected chi connectivity index (χ3v) is 2.62. The molecule has 84 valence electrons. The minimum atomic E-state index is -0.279. The topological polar surface area (TPSA) is 30.5 Å². The molecule has 0 aliphatic carbocycles. The number of halogens is 2. The van der Waals surface area contributed by atoms with Crippen molar-refractivity contribution >= 4 is 15.9 Å². The van der Waals surface area contributed by atoms with E-state index in [4.69, 9.17) is 9.57 Å². The molecule has 1 rings (SSSR count). The number of hydrogen-bond donors (Lipinski definition) is 1. The summed E-state index contributed by atoms with van der Waals surface area (Å²) in [5.74, 6) is -0.279. The highest BCUT2D eigenvalue weighted by Gasteiger charge is 2.08. The highest BCUT2D eigenvalue weighted by Crippen LogP contribution is 2.22. The van der Waals surface area contributed by atoms with Gasteiger partial charge in [-0.2, -0.15) is 5.48 Å². The van der Waals surface area contributed by atoms with Crippen LogP contribution < -0.4 is 5.48 Å². The van der Waals surface area contributed by atoms with E-state index in [9.17, 15) is 4.39 Å². The summed E-state index contributed by atoms with van der Waals surface area (Å²) in [5.41, 5.74) is 3.98. The molecule has 1 N–H and O–H groups in total. The van der Waals surface area contributed by atoms with Gasteiger partial charge in [-0.05, 0) is 17.7 Å².